The third kappa shape index (κ3) is 4.97. The van der Waals surface area contributed by atoms with Gasteiger partial charge in [-0.3, -0.25) is 14.5 Å². The number of rotatable bonds is 8. The van der Waals surface area contributed by atoms with Crippen molar-refractivity contribution in [3.63, 3.8) is 0 Å². The van der Waals surface area contributed by atoms with Gasteiger partial charge in [0.25, 0.3) is 11.5 Å². The zero-order valence-electron chi connectivity index (χ0n) is 17.3. The van der Waals surface area contributed by atoms with E-state index in [0.29, 0.717) is 22.9 Å². The van der Waals surface area contributed by atoms with Crippen molar-refractivity contribution in [3.05, 3.63) is 64.1 Å². The molecule has 0 radical (unpaired) electrons. The van der Waals surface area contributed by atoms with Gasteiger partial charge in [0, 0.05) is 19.0 Å². The monoisotopic (exact) mass is 432 g/mol. The summed E-state index contributed by atoms with van der Waals surface area (Å²) in [5, 5.41) is 7.62. The number of carbonyl (C=O) groups excluding carboxylic acids is 1. The van der Waals surface area contributed by atoms with Crippen molar-refractivity contribution in [3.8, 4) is 11.5 Å². The fraction of sp³-hybridized carbons (Fsp3) is 0.286. The zero-order chi connectivity index (χ0) is 22.5. The molecule has 3 aromatic rings. The molecule has 10 heteroatoms. The SMILES string of the molecule is CNC(=O)c1nn(CN(C)Cc2ccc(OC)c(OC(F)F)c2)c(=O)c2ccccc12. The van der Waals surface area contributed by atoms with Gasteiger partial charge in [0.1, 0.15) is 0 Å². The maximum absolute atomic E-state index is 12.9. The molecule has 0 saturated carbocycles. The third-order valence-electron chi connectivity index (χ3n) is 4.58. The summed E-state index contributed by atoms with van der Waals surface area (Å²) in [4.78, 5) is 26.9. The van der Waals surface area contributed by atoms with Crippen LogP contribution in [0.25, 0.3) is 10.8 Å². The Morgan fingerprint density at radius 2 is 1.90 bits per heavy atom. The molecule has 164 valence electrons. The molecular formula is C21H22F2N4O4. The van der Waals surface area contributed by atoms with E-state index >= 15 is 0 Å². The fourth-order valence-corrected chi connectivity index (χ4v) is 3.22. The molecule has 1 heterocycles. The summed E-state index contributed by atoms with van der Waals surface area (Å²) in [6, 6.07) is 11.5. The van der Waals surface area contributed by atoms with Gasteiger partial charge in [-0.05, 0) is 30.8 Å². The predicted molar refractivity (Wildman–Crippen MR) is 110 cm³/mol. The molecule has 0 fully saturated rings. The van der Waals surface area contributed by atoms with Crippen LogP contribution in [0.3, 0.4) is 0 Å². The molecule has 1 aromatic heterocycles. The number of hydrogen-bond acceptors (Lipinski definition) is 6. The Balaban J connectivity index is 1.88. The lowest BCUT2D eigenvalue weighted by Crippen LogP contribution is -2.34. The van der Waals surface area contributed by atoms with Crippen LogP contribution < -0.4 is 20.3 Å². The van der Waals surface area contributed by atoms with Gasteiger partial charge in [0.05, 0.1) is 19.2 Å². The summed E-state index contributed by atoms with van der Waals surface area (Å²) >= 11 is 0. The van der Waals surface area contributed by atoms with E-state index < -0.39 is 12.5 Å². The minimum Gasteiger partial charge on any atom is -0.493 e. The first-order valence-electron chi connectivity index (χ1n) is 9.36. The highest BCUT2D eigenvalue weighted by atomic mass is 19.3. The summed E-state index contributed by atoms with van der Waals surface area (Å²) in [6.45, 7) is -2.60. The van der Waals surface area contributed by atoms with Gasteiger partial charge in [-0.15, -0.1) is 0 Å². The van der Waals surface area contributed by atoms with Crippen molar-refractivity contribution in [1.82, 2.24) is 20.0 Å². The van der Waals surface area contributed by atoms with Crippen molar-refractivity contribution < 1.29 is 23.0 Å². The van der Waals surface area contributed by atoms with E-state index in [1.165, 1.54) is 31.0 Å². The Kier molecular flexibility index (Phi) is 6.81. The first-order valence-corrected chi connectivity index (χ1v) is 9.36. The number of amides is 1. The minimum absolute atomic E-state index is 0.0741. The third-order valence-corrected chi connectivity index (χ3v) is 4.58. The van der Waals surface area contributed by atoms with Gasteiger partial charge < -0.3 is 14.8 Å². The van der Waals surface area contributed by atoms with Crippen LogP contribution in [0, 0.1) is 0 Å². The highest BCUT2D eigenvalue weighted by Crippen LogP contribution is 2.29. The lowest BCUT2D eigenvalue weighted by atomic mass is 10.1. The topological polar surface area (TPSA) is 85.7 Å². The number of nitrogens with zero attached hydrogens (tertiary/aromatic N) is 3. The van der Waals surface area contributed by atoms with Crippen molar-refractivity contribution in [1.29, 1.82) is 0 Å². The van der Waals surface area contributed by atoms with Crippen LogP contribution in [0.4, 0.5) is 8.78 Å². The first kappa shape index (κ1) is 22.2. The Labute approximate surface area is 177 Å². The van der Waals surface area contributed by atoms with E-state index in [1.807, 2.05) is 0 Å². The van der Waals surface area contributed by atoms with E-state index in [9.17, 15) is 18.4 Å². The summed E-state index contributed by atoms with van der Waals surface area (Å²) < 4.78 is 36.1. The van der Waals surface area contributed by atoms with Crippen LogP contribution in [0.2, 0.25) is 0 Å². The molecular weight excluding hydrogens is 410 g/mol. The zero-order valence-corrected chi connectivity index (χ0v) is 17.3. The van der Waals surface area contributed by atoms with Crippen molar-refractivity contribution in [2.24, 2.45) is 0 Å². The van der Waals surface area contributed by atoms with Crippen LogP contribution in [0.5, 0.6) is 11.5 Å². The molecule has 0 atom stereocenters. The van der Waals surface area contributed by atoms with Gasteiger partial charge in [0.2, 0.25) is 0 Å². The number of methoxy groups -OCH3 is 1. The highest BCUT2D eigenvalue weighted by molar-refractivity contribution is 6.04. The van der Waals surface area contributed by atoms with Gasteiger partial charge in [0.15, 0.2) is 17.2 Å². The number of fused-ring (bicyclic) bond motifs is 1. The average molecular weight is 432 g/mol. The lowest BCUT2D eigenvalue weighted by Gasteiger charge is -2.19. The molecule has 0 saturated heterocycles. The second-order valence-electron chi connectivity index (χ2n) is 6.80. The average Bonchev–Trinajstić information content (AvgIpc) is 2.75. The Morgan fingerprint density at radius 3 is 2.55 bits per heavy atom. The number of benzene rings is 2. The molecule has 31 heavy (non-hydrogen) atoms. The van der Waals surface area contributed by atoms with E-state index in [1.54, 1.807) is 42.3 Å². The van der Waals surface area contributed by atoms with Gasteiger partial charge >= 0.3 is 6.61 Å². The molecule has 0 spiro atoms. The molecule has 1 N–H and O–H groups in total. The lowest BCUT2D eigenvalue weighted by molar-refractivity contribution is -0.0512. The number of halogens is 2. The highest BCUT2D eigenvalue weighted by Gasteiger charge is 2.17. The van der Waals surface area contributed by atoms with Crippen LogP contribution in [-0.4, -0.2) is 48.4 Å². The normalized spacial score (nSPS) is 11.2. The standard InChI is InChI=1S/C21H22F2N4O4/c1-24-19(28)18-14-6-4-5-7-15(14)20(29)27(25-18)12-26(2)11-13-8-9-16(30-3)17(10-13)31-21(22)23/h4-10,21H,11-12H2,1-3H3,(H,24,28). The number of nitrogens with one attached hydrogen (secondary N) is 1. The Hall–Kier alpha value is -3.53. The van der Waals surface area contributed by atoms with Crippen molar-refractivity contribution in [2.75, 3.05) is 21.2 Å². The minimum atomic E-state index is -2.98. The maximum atomic E-state index is 12.9. The number of alkyl halides is 2. The largest absolute Gasteiger partial charge is 0.493 e. The van der Waals surface area contributed by atoms with Gasteiger partial charge in [-0.1, -0.05) is 24.3 Å². The Morgan fingerprint density at radius 1 is 1.19 bits per heavy atom. The summed E-state index contributed by atoms with van der Waals surface area (Å²) in [5.41, 5.74) is 0.467. The molecule has 0 aliphatic carbocycles. The van der Waals surface area contributed by atoms with Crippen molar-refractivity contribution in [2.45, 2.75) is 19.8 Å². The second kappa shape index (κ2) is 9.52. The number of aromatic nitrogens is 2. The van der Waals surface area contributed by atoms with E-state index in [2.05, 4.69) is 15.2 Å². The van der Waals surface area contributed by atoms with Crippen LogP contribution in [0.15, 0.2) is 47.3 Å². The Bertz CT molecular complexity index is 1150. The van der Waals surface area contributed by atoms with Gasteiger partial charge in [-0.25, -0.2) is 4.68 Å². The molecule has 8 nitrogen and oxygen atoms in total. The molecule has 2 aromatic carbocycles. The van der Waals surface area contributed by atoms with Crippen molar-refractivity contribution >= 4 is 16.7 Å². The quantitative estimate of drug-likeness (QED) is 0.589. The smallest absolute Gasteiger partial charge is 0.387 e. The predicted octanol–water partition coefficient (Wildman–Crippen LogP) is 2.46. The summed E-state index contributed by atoms with van der Waals surface area (Å²) in [5.74, 6) is -0.294. The molecule has 0 unspecified atom stereocenters. The number of carbonyl (C=O) groups is 1. The van der Waals surface area contributed by atoms with E-state index in [0.717, 1.165) is 0 Å². The van der Waals surface area contributed by atoms with E-state index in [-0.39, 0.29) is 29.4 Å². The molecule has 0 aliphatic heterocycles. The molecule has 1 amide bonds. The molecule has 3 rings (SSSR count). The maximum Gasteiger partial charge on any atom is 0.387 e. The molecule has 0 aliphatic rings. The number of hydrogen-bond donors (Lipinski definition) is 1. The second-order valence-corrected chi connectivity index (χ2v) is 6.80. The van der Waals surface area contributed by atoms with Crippen LogP contribution >= 0.6 is 0 Å². The van der Waals surface area contributed by atoms with E-state index in [4.69, 9.17) is 4.74 Å². The summed E-state index contributed by atoms with van der Waals surface area (Å²) in [6.07, 6.45) is 0. The van der Waals surface area contributed by atoms with Crippen LogP contribution in [-0.2, 0) is 13.2 Å². The van der Waals surface area contributed by atoms with Crippen LogP contribution in [0.1, 0.15) is 16.1 Å². The first-order chi connectivity index (χ1) is 14.8. The fourth-order valence-electron chi connectivity index (χ4n) is 3.22. The molecule has 0 bridgehead atoms. The number of ether oxygens (including phenoxy) is 2. The summed E-state index contributed by atoms with van der Waals surface area (Å²) in [7, 11) is 4.59. The van der Waals surface area contributed by atoms with Gasteiger partial charge in [-0.2, -0.15) is 13.9 Å².